The second-order valence-electron chi connectivity index (χ2n) is 8.52. The summed E-state index contributed by atoms with van der Waals surface area (Å²) >= 11 is 0. The van der Waals surface area contributed by atoms with E-state index in [1.165, 1.54) is 31.4 Å². The number of nitrogens with two attached hydrogens (primary N) is 1. The third-order valence-electron chi connectivity index (χ3n) is 6.33. The minimum Gasteiger partial charge on any atom is -0.344 e. The first-order chi connectivity index (χ1) is 12.7. The summed E-state index contributed by atoms with van der Waals surface area (Å²) in [6.07, 6.45) is 6.80. The molecule has 0 aromatic heterocycles. The standard InChI is InChI=1S/C19H25N3O4S/c20-27(25,26)16-3-1-12(2-4-16)11-21-17(23)18(24)22-19-8-13-5-14(9-19)7-15(6-13)10-19/h1-4,13-15H,5-11H2,(H,21,23)(H,22,24)(H2,20,25,26). The van der Waals surface area contributed by atoms with Gasteiger partial charge in [-0.1, -0.05) is 12.1 Å². The summed E-state index contributed by atoms with van der Waals surface area (Å²) < 4.78 is 22.5. The largest absolute Gasteiger partial charge is 0.344 e. The molecule has 1 aromatic rings. The molecule has 4 bridgehead atoms. The number of hydrogen-bond acceptors (Lipinski definition) is 4. The summed E-state index contributed by atoms with van der Waals surface area (Å²) in [7, 11) is -3.74. The SMILES string of the molecule is NS(=O)(=O)c1ccc(CNC(=O)C(=O)NC23CC4CC(CC(C4)C2)C3)cc1. The molecule has 5 rings (SSSR count). The lowest BCUT2D eigenvalue weighted by Gasteiger charge is -2.56. The van der Waals surface area contributed by atoms with Crippen molar-refractivity contribution in [1.29, 1.82) is 0 Å². The minimum atomic E-state index is -3.74. The van der Waals surface area contributed by atoms with Gasteiger partial charge in [0.25, 0.3) is 0 Å². The molecule has 8 heteroatoms. The molecule has 0 spiro atoms. The van der Waals surface area contributed by atoms with Crippen molar-refractivity contribution in [3.63, 3.8) is 0 Å². The van der Waals surface area contributed by atoms with Gasteiger partial charge in [0.2, 0.25) is 10.0 Å². The fourth-order valence-electron chi connectivity index (χ4n) is 5.62. The molecular weight excluding hydrogens is 366 g/mol. The van der Waals surface area contributed by atoms with Crippen LogP contribution < -0.4 is 15.8 Å². The minimum absolute atomic E-state index is 0.0112. The first kappa shape index (κ1) is 18.4. The highest BCUT2D eigenvalue weighted by molar-refractivity contribution is 7.89. The molecule has 0 radical (unpaired) electrons. The number of benzene rings is 1. The molecule has 146 valence electrons. The van der Waals surface area contributed by atoms with E-state index in [0.717, 1.165) is 19.3 Å². The lowest BCUT2D eigenvalue weighted by molar-refractivity contribution is -0.142. The van der Waals surface area contributed by atoms with Crippen LogP contribution in [-0.4, -0.2) is 25.8 Å². The lowest BCUT2D eigenvalue weighted by atomic mass is 9.53. The van der Waals surface area contributed by atoms with Crippen molar-refractivity contribution in [2.24, 2.45) is 22.9 Å². The predicted molar refractivity (Wildman–Crippen MR) is 98.7 cm³/mol. The number of sulfonamides is 1. The number of hydrogen-bond donors (Lipinski definition) is 3. The monoisotopic (exact) mass is 391 g/mol. The Morgan fingerprint density at radius 1 is 0.963 bits per heavy atom. The second kappa shape index (κ2) is 6.60. The third-order valence-corrected chi connectivity index (χ3v) is 7.26. The summed E-state index contributed by atoms with van der Waals surface area (Å²) in [4.78, 5) is 24.7. The number of carbonyl (C=O) groups excluding carboxylic acids is 2. The van der Waals surface area contributed by atoms with E-state index in [4.69, 9.17) is 5.14 Å². The van der Waals surface area contributed by atoms with Crippen molar-refractivity contribution >= 4 is 21.8 Å². The molecule has 4 saturated carbocycles. The van der Waals surface area contributed by atoms with Gasteiger partial charge in [-0.3, -0.25) is 9.59 Å². The van der Waals surface area contributed by atoms with Crippen LogP contribution in [0.15, 0.2) is 29.2 Å². The average molecular weight is 391 g/mol. The van der Waals surface area contributed by atoms with Gasteiger partial charge >= 0.3 is 11.8 Å². The Bertz CT molecular complexity index is 828. The molecule has 0 aliphatic heterocycles. The quantitative estimate of drug-likeness (QED) is 0.664. The maximum atomic E-state index is 12.4. The highest BCUT2D eigenvalue weighted by Crippen LogP contribution is 2.55. The van der Waals surface area contributed by atoms with Crippen LogP contribution in [0.4, 0.5) is 0 Å². The maximum Gasteiger partial charge on any atom is 0.309 e. The van der Waals surface area contributed by atoms with Crippen LogP contribution >= 0.6 is 0 Å². The topological polar surface area (TPSA) is 118 Å². The molecule has 4 fully saturated rings. The van der Waals surface area contributed by atoms with Crippen molar-refractivity contribution < 1.29 is 18.0 Å². The van der Waals surface area contributed by atoms with Gasteiger partial charge in [0.15, 0.2) is 0 Å². The van der Waals surface area contributed by atoms with E-state index in [1.54, 1.807) is 12.1 Å². The van der Waals surface area contributed by atoms with Gasteiger partial charge in [0.05, 0.1) is 4.90 Å². The zero-order valence-electron chi connectivity index (χ0n) is 15.1. The van der Waals surface area contributed by atoms with Gasteiger partial charge in [0.1, 0.15) is 0 Å². The van der Waals surface area contributed by atoms with E-state index in [1.807, 2.05) is 0 Å². The zero-order chi connectivity index (χ0) is 19.2. The Morgan fingerprint density at radius 3 is 1.96 bits per heavy atom. The van der Waals surface area contributed by atoms with Crippen LogP contribution in [0.5, 0.6) is 0 Å². The molecule has 4 aliphatic carbocycles. The molecule has 0 heterocycles. The third kappa shape index (κ3) is 3.87. The number of carbonyl (C=O) groups is 2. The Labute approximate surface area is 159 Å². The van der Waals surface area contributed by atoms with E-state index >= 15 is 0 Å². The normalized spacial score (nSPS) is 31.5. The predicted octanol–water partition coefficient (Wildman–Crippen LogP) is 1.04. The highest BCUT2D eigenvalue weighted by atomic mass is 32.2. The van der Waals surface area contributed by atoms with Crippen LogP contribution in [0, 0.1) is 17.8 Å². The summed E-state index contributed by atoms with van der Waals surface area (Å²) in [5, 5.41) is 10.7. The molecule has 7 nitrogen and oxygen atoms in total. The summed E-state index contributed by atoms with van der Waals surface area (Å²) in [5.74, 6) is 0.852. The molecule has 0 unspecified atom stereocenters. The summed E-state index contributed by atoms with van der Waals surface area (Å²) in [6.45, 7) is 0.151. The maximum absolute atomic E-state index is 12.4. The van der Waals surface area contributed by atoms with Gasteiger partial charge in [0, 0.05) is 12.1 Å². The lowest BCUT2D eigenvalue weighted by Crippen LogP contribution is -2.61. The highest BCUT2D eigenvalue weighted by Gasteiger charge is 2.51. The van der Waals surface area contributed by atoms with Gasteiger partial charge in [-0.25, -0.2) is 13.6 Å². The van der Waals surface area contributed by atoms with Gasteiger partial charge in [-0.2, -0.15) is 0 Å². The van der Waals surface area contributed by atoms with Crippen molar-refractivity contribution in [3.05, 3.63) is 29.8 Å². The van der Waals surface area contributed by atoms with Crippen LogP contribution in [0.3, 0.4) is 0 Å². The molecule has 0 saturated heterocycles. The Kier molecular flexibility index (Phi) is 4.50. The average Bonchev–Trinajstić information content (AvgIpc) is 2.57. The molecule has 4 N–H and O–H groups in total. The van der Waals surface area contributed by atoms with Gasteiger partial charge in [-0.05, 0) is 74.0 Å². The van der Waals surface area contributed by atoms with Crippen molar-refractivity contribution in [2.45, 2.75) is 55.5 Å². The van der Waals surface area contributed by atoms with Crippen LogP contribution in [-0.2, 0) is 26.2 Å². The summed E-state index contributed by atoms with van der Waals surface area (Å²) in [5.41, 5.74) is 0.499. The fourth-order valence-corrected chi connectivity index (χ4v) is 6.14. The van der Waals surface area contributed by atoms with E-state index in [-0.39, 0.29) is 17.0 Å². The Morgan fingerprint density at radius 2 is 1.48 bits per heavy atom. The number of amides is 2. The smallest absolute Gasteiger partial charge is 0.309 e. The molecule has 0 atom stereocenters. The number of nitrogens with one attached hydrogen (secondary N) is 2. The Balaban J connectivity index is 1.33. The molecule has 1 aromatic carbocycles. The number of rotatable bonds is 4. The van der Waals surface area contributed by atoms with Gasteiger partial charge < -0.3 is 10.6 Å². The molecule has 27 heavy (non-hydrogen) atoms. The number of primary sulfonamides is 1. The fraction of sp³-hybridized carbons (Fsp3) is 0.579. The van der Waals surface area contributed by atoms with Crippen molar-refractivity contribution in [1.82, 2.24) is 10.6 Å². The van der Waals surface area contributed by atoms with Crippen molar-refractivity contribution in [3.8, 4) is 0 Å². The first-order valence-corrected chi connectivity index (χ1v) is 11.0. The Hall–Kier alpha value is -1.93. The molecular formula is C19H25N3O4S. The zero-order valence-corrected chi connectivity index (χ0v) is 15.9. The summed E-state index contributed by atoms with van der Waals surface area (Å²) in [6, 6.07) is 5.90. The van der Waals surface area contributed by atoms with Gasteiger partial charge in [-0.15, -0.1) is 0 Å². The molecule has 4 aliphatic rings. The molecule has 2 amide bonds. The van der Waals surface area contributed by atoms with E-state index in [9.17, 15) is 18.0 Å². The van der Waals surface area contributed by atoms with Crippen molar-refractivity contribution in [2.75, 3.05) is 0 Å². The van der Waals surface area contributed by atoms with Crippen LogP contribution in [0.25, 0.3) is 0 Å². The van der Waals surface area contributed by atoms with Crippen LogP contribution in [0.2, 0.25) is 0 Å². The van der Waals surface area contributed by atoms with E-state index in [2.05, 4.69) is 10.6 Å². The second-order valence-corrected chi connectivity index (χ2v) is 10.1. The first-order valence-electron chi connectivity index (χ1n) is 9.44. The van der Waals surface area contributed by atoms with E-state index in [0.29, 0.717) is 23.3 Å². The van der Waals surface area contributed by atoms with Crippen LogP contribution in [0.1, 0.15) is 44.1 Å². The van der Waals surface area contributed by atoms with E-state index < -0.39 is 21.8 Å².